The van der Waals surface area contributed by atoms with E-state index in [1.54, 1.807) is 13.8 Å². The molecule has 1 unspecified atom stereocenters. The summed E-state index contributed by atoms with van der Waals surface area (Å²) < 4.78 is 26.4. The molecule has 15 nitrogen and oxygen atoms in total. The Kier molecular flexibility index (Phi) is 11.2. The second kappa shape index (κ2) is 13.0. The summed E-state index contributed by atoms with van der Waals surface area (Å²) >= 11 is 0. The largest absolute Gasteiger partial charge is 0.463 e. The Morgan fingerprint density at radius 3 is 1.73 bits per heavy atom. The summed E-state index contributed by atoms with van der Waals surface area (Å²) in [6.45, 7) is -0.349. The minimum Gasteiger partial charge on any atom is -0.463 e. The molecule has 2 fully saturated rings. The van der Waals surface area contributed by atoms with Crippen molar-refractivity contribution >= 4 is 11.9 Å². The van der Waals surface area contributed by atoms with E-state index in [9.17, 15) is 50.4 Å². The molecule has 2 aliphatic rings. The van der Waals surface area contributed by atoms with Gasteiger partial charge in [0, 0.05) is 0 Å². The predicted molar refractivity (Wildman–Crippen MR) is 118 cm³/mol. The van der Waals surface area contributed by atoms with Gasteiger partial charge in [-0.05, 0) is 12.8 Å². The van der Waals surface area contributed by atoms with Gasteiger partial charge < -0.3 is 59.8 Å². The first-order chi connectivity index (χ1) is 17.5. The summed E-state index contributed by atoms with van der Waals surface area (Å²) in [5.41, 5.74) is -3.61. The molecular weight excluding hydrogens is 504 g/mol. The van der Waals surface area contributed by atoms with E-state index in [0.29, 0.717) is 25.7 Å². The number of rotatable bonds is 13. The molecule has 0 aliphatic carbocycles. The topological polar surface area (TPSA) is 242 Å². The first-order valence-corrected chi connectivity index (χ1v) is 12.1. The van der Waals surface area contributed by atoms with Crippen LogP contribution in [0, 0.1) is 0 Å². The first kappa shape index (κ1) is 31.7. The van der Waals surface area contributed by atoms with Gasteiger partial charge in [-0.3, -0.25) is 4.74 Å². The first-order valence-electron chi connectivity index (χ1n) is 12.1. The molecule has 0 aromatic rings. The Morgan fingerprint density at radius 1 is 0.784 bits per heavy atom. The fourth-order valence-electron chi connectivity index (χ4n) is 4.08. The van der Waals surface area contributed by atoms with Crippen LogP contribution >= 0.6 is 0 Å². The number of carbonyl (C=O) groups is 2. The van der Waals surface area contributed by atoms with E-state index in [-0.39, 0.29) is 13.2 Å². The Morgan fingerprint density at radius 2 is 1.27 bits per heavy atom. The Labute approximate surface area is 213 Å². The van der Waals surface area contributed by atoms with Gasteiger partial charge in [-0.1, -0.05) is 26.7 Å². The van der Waals surface area contributed by atoms with Gasteiger partial charge >= 0.3 is 17.7 Å². The Bertz CT molecular complexity index is 766. The molecular formula is C22H38O15. The highest BCUT2D eigenvalue weighted by Gasteiger charge is 2.77. The van der Waals surface area contributed by atoms with Crippen LogP contribution in [0.2, 0.25) is 0 Å². The highest BCUT2D eigenvalue weighted by Crippen LogP contribution is 2.46. The van der Waals surface area contributed by atoms with Crippen molar-refractivity contribution in [2.45, 2.75) is 93.3 Å². The van der Waals surface area contributed by atoms with Crippen LogP contribution in [0.15, 0.2) is 0 Å². The summed E-state index contributed by atoms with van der Waals surface area (Å²) in [4.78, 5) is 26.7. The third-order valence-electron chi connectivity index (χ3n) is 6.40. The van der Waals surface area contributed by atoms with Crippen molar-refractivity contribution < 1.29 is 74.1 Å². The van der Waals surface area contributed by atoms with Gasteiger partial charge in [-0.15, -0.1) is 0 Å². The van der Waals surface area contributed by atoms with Crippen molar-refractivity contribution in [3.63, 3.8) is 0 Å². The van der Waals surface area contributed by atoms with Crippen LogP contribution in [0.4, 0.5) is 0 Å². The molecule has 0 radical (unpaired) electrons. The molecule has 2 rings (SSSR count). The summed E-state index contributed by atoms with van der Waals surface area (Å²) in [7, 11) is 0. The highest BCUT2D eigenvalue weighted by atomic mass is 16.8. The zero-order valence-corrected chi connectivity index (χ0v) is 20.8. The van der Waals surface area contributed by atoms with Crippen molar-refractivity contribution in [3.05, 3.63) is 0 Å². The number of carbonyl (C=O) groups excluding carboxylic acids is 2. The molecule has 9 atom stereocenters. The SMILES string of the molecule is CCCCOC(=O)[C@@]1(OC2(CO)O[C@H](CO)[C@@H](O)[C@@H]2O)O[C@H](CO)[C@@H](O)[C@H](O)[C@]1(O)C(=O)OCCCC. The Hall–Kier alpha value is -1.50. The average molecular weight is 543 g/mol. The molecule has 2 saturated heterocycles. The van der Waals surface area contributed by atoms with Gasteiger partial charge in [0.05, 0.1) is 26.4 Å². The van der Waals surface area contributed by atoms with Gasteiger partial charge in [0.1, 0.15) is 43.2 Å². The number of hydrogen-bond acceptors (Lipinski definition) is 15. The standard InChI is InChI=1S/C22H38O15/c1-3-5-7-33-18(30)21(32)17(29)15(27)13(10-24)36-22(21,19(31)34-8-6-4-2)37-20(11-25)16(28)14(26)12(9-23)35-20/h12-17,23-29,32H,3-11H2,1-2H3/t12-,13-,14-,15-,16+,17+,20?,21+,22+/m1/s1. The molecule has 8 N–H and O–H groups in total. The van der Waals surface area contributed by atoms with Gasteiger partial charge in [0.15, 0.2) is 0 Å². The van der Waals surface area contributed by atoms with E-state index in [0.717, 1.165) is 0 Å². The lowest BCUT2D eigenvalue weighted by molar-refractivity contribution is -0.438. The van der Waals surface area contributed by atoms with Crippen LogP contribution in [0.5, 0.6) is 0 Å². The molecule has 2 heterocycles. The zero-order valence-electron chi connectivity index (χ0n) is 20.8. The normalized spacial score (nSPS) is 39.9. The second-order valence-corrected chi connectivity index (χ2v) is 8.98. The van der Waals surface area contributed by atoms with E-state index in [1.807, 2.05) is 0 Å². The predicted octanol–water partition coefficient (Wildman–Crippen LogP) is -3.97. The molecule has 2 aliphatic heterocycles. The maximum absolute atomic E-state index is 13.5. The quantitative estimate of drug-likeness (QED) is 0.0817. The molecule has 37 heavy (non-hydrogen) atoms. The van der Waals surface area contributed by atoms with Crippen LogP contribution in [-0.4, -0.2) is 140 Å². The van der Waals surface area contributed by atoms with Crippen LogP contribution in [0.25, 0.3) is 0 Å². The minimum atomic E-state index is -3.61. The number of unbranched alkanes of at least 4 members (excludes halogenated alkanes) is 2. The summed E-state index contributed by atoms with van der Waals surface area (Å²) in [5.74, 6) is -9.72. The van der Waals surface area contributed by atoms with Crippen molar-refractivity contribution in [1.82, 2.24) is 0 Å². The summed E-state index contributed by atoms with van der Waals surface area (Å²) in [6, 6.07) is 0. The molecule has 0 saturated carbocycles. The van der Waals surface area contributed by atoms with Crippen LogP contribution in [0.3, 0.4) is 0 Å². The third kappa shape index (κ3) is 5.62. The molecule has 0 spiro atoms. The fourth-order valence-corrected chi connectivity index (χ4v) is 4.08. The van der Waals surface area contributed by atoms with E-state index in [4.69, 9.17) is 23.7 Å². The van der Waals surface area contributed by atoms with Gasteiger partial charge in [-0.25, -0.2) is 9.59 Å². The second-order valence-electron chi connectivity index (χ2n) is 8.98. The number of ether oxygens (including phenoxy) is 5. The van der Waals surface area contributed by atoms with Crippen LogP contribution < -0.4 is 0 Å². The molecule has 0 aromatic carbocycles. The average Bonchev–Trinajstić information content (AvgIpc) is 3.13. The number of esters is 2. The number of aliphatic hydroxyl groups is 8. The molecule has 15 heteroatoms. The smallest absolute Gasteiger partial charge is 0.371 e. The number of aliphatic hydroxyl groups excluding tert-OH is 7. The maximum atomic E-state index is 13.5. The monoisotopic (exact) mass is 542 g/mol. The van der Waals surface area contributed by atoms with Crippen molar-refractivity contribution in [1.29, 1.82) is 0 Å². The van der Waals surface area contributed by atoms with E-state index >= 15 is 0 Å². The lowest BCUT2D eigenvalue weighted by Crippen LogP contribution is -2.81. The summed E-state index contributed by atoms with van der Waals surface area (Å²) in [5, 5.41) is 83.2. The van der Waals surface area contributed by atoms with Gasteiger partial charge in [0.25, 0.3) is 5.60 Å². The minimum absolute atomic E-state index is 0.291. The lowest BCUT2D eigenvalue weighted by atomic mass is 9.79. The number of hydrogen-bond donors (Lipinski definition) is 8. The van der Waals surface area contributed by atoms with Crippen LogP contribution in [-0.2, 0) is 33.3 Å². The molecule has 216 valence electrons. The van der Waals surface area contributed by atoms with Crippen molar-refractivity contribution in [3.8, 4) is 0 Å². The third-order valence-corrected chi connectivity index (χ3v) is 6.40. The fraction of sp³-hybridized carbons (Fsp3) is 0.909. The maximum Gasteiger partial charge on any atom is 0.371 e. The molecule has 0 bridgehead atoms. The Balaban J connectivity index is 2.72. The van der Waals surface area contributed by atoms with Crippen molar-refractivity contribution in [2.24, 2.45) is 0 Å². The summed E-state index contributed by atoms with van der Waals surface area (Å²) in [6.07, 6.45) is -10.6. The molecule has 0 amide bonds. The van der Waals surface area contributed by atoms with Crippen molar-refractivity contribution in [2.75, 3.05) is 33.0 Å². The molecule has 0 aromatic heterocycles. The highest BCUT2D eigenvalue weighted by molar-refractivity contribution is 5.92. The van der Waals surface area contributed by atoms with Gasteiger partial charge in [-0.2, -0.15) is 0 Å². The van der Waals surface area contributed by atoms with Gasteiger partial charge in [0.2, 0.25) is 5.79 Å². The zero-order chi connectivity index (χ0) is 28.0. The van der Waals surface area contributed by atoms with E-state index in [1.165, 1.54) is 0 Å². The lowest BCUT2D eigenvalue weighted by Gasteiger charge is -2.53. The van der Waals surface area contributed by atoms with E-state index in [2.05, 4.69) is 0 Å². The van der Waals surface area contributed by atoms with Crippen LogP contribution in [0.1, 0.15) is 39.5 Å². The van der Waals surface area contributed by atoms with E-state index < -0.39 is 85.6 Å².